The van der Waals surface area contributed by atoms with Gasteiger partial charge in [-0.15, -0.1) is 0 Å². The maximum Gasteiger partial charge on any atom is 0.416 e. The fourth-order valence-electron chi connectivity index (χ4n) is 2.12. The van der Waals surface area contributed by atoms with Gasteiger partial charge in [-0.1, -0.05) is 23.2 Å². The molecule has 0 radical (unpaired) electrons. The maximum atomic E-state index is 12.9. The lowest BCUT2D eigenvalue weighted by molar-refractivity contribution is -0.137. The van der Waals surface area contributed by atoms with Crippen LogP contribution in [0.2, 0.25) is 10.0 Å². The molecule has 0 aliphatic carbocycles. The number of alkyl halides is 3. The minimum Gasteiger partial charge on any atom is -0.455 e. The number of hydrogen-bond acceptors (Lipinski definition) is 2. The van der Waals surface area contributed by atoms with Crippen LogP contribution in [0.1, 0.15) is 11.3 Å². The minimum absolute atomic E-state index is 0.169. The Bertz CT molecular complexity index is 915. The Kier molecular flexibility index (Phi) is 4.88. The summed E-state index contributed by atoms with van der Waals surface area (Å²) in [6.45, 7) is 0. The molecule has 0 amide bonds. The molecular weight excluding hydrogens is 374 g/mol. The molecule has 0 spiro atoms. The molecule has 0 N–H and O–H groups in total. The zero-order valence-corrected chi connectivity index (χ0v) is 14.0. The molecule has 3 aromatic rings. The molecule has 3 rings (SSSR count). The summed E-state index contributed by atoms with van der Waals surface area (Å²) in [4.78, 5) is 4.21. The van der Waals surface area contributed by atoms with Crippen LogP contribution in [0.5, 0.6) is 0 Å². The van der Waals surface area contributed by atoms with Crippen LogP contribution in [-0.2, 0) is 6.18 Å². The molecule has 0 aliphatic rings. The van der Waals surface area contributed by atoms with E-state index in [9.17, 15) is 13.2 Å². The van der Waals surface area contributed by atoms with Crippen molar-refractivity contribution in [2.45, 2.75) is 6.18 Å². The number of aliphatic imine (C=N–C) groups is 1. The van der Waals surface area contributed by atoms with Gasteiger partial charge in [-0.05, 0) is 54.6 Å². The number of furan rings is 1. The summed E-state index contributed by atoms with van der Waals surface area (Å²) < 4.78 is 44.1. The van der Waals surface area contributed by atoms with Gasteiger partial charge in [-0.3, -0.25) is 4.99 Å². The largest absolute Gasteiger partial charge is 0.455 e. The van der Waals surface area contributed by atoms with E-state index in [1.165, 1.54) is 12.3 Å². The third-order valence-corrected chi connectivity index (χ3v) is 3.93. The first kappa shape index (κ1) is 17.6. The van der Waals surface area contributed by atoms with Gasteiger partial charge in [0.05, 0.1) is 22.5 Å². The lowest BCUT2D eigenvalue weighted by Gasteiger charge is -2.09. The average Bonchev–Trinajstić information content (AvgIpc) is 3.02. The number of hydrogen-bond donors (Lipinski definition) is 0. The van der Waals surface area contributed by atoms with E-state index >= 15 is 0 Å². The Morgan fingerprint density at radius 2 is 1.64 bits per heavy atom. The molecule has 0 aliphatic heterocycles. The number of halogens is 5. The van der Waals surface area contributed by atoms with E-state index in [4.69, 9.17) is 27.6 Å². The van der Waals surface area contributed by atoms with Crippen molar-refractivity contribution in [3.63, 3.8) is 0 Å². The monoisotopic (exact) mass is 383 g/mol. The minimum atomic E-state index is -4.45. The van der Waals surface area contributed by atoms with Crippen LogP contribution < -0.4 is 0 Å². The third-order valence-electron chi connectivity index (χ3n) is 3.35. The van der Waals surface area contributed by atoms with Crippen molar-refractivity contribution in [3.05, 3.63) is 76.0 Å². The highest BCUT2D eigenvalue weighted by Gasteiger charge is 2.31. The van der Waals surface area contributed by atoms with Gasteiger partial charge >= 0.3 is 6.18 Å². The second-order valence-electron chi connectivity index (χ2n) is 5.13. The molecule has 0 saturated carbocycles. The van der Waals surface area contributed by atoms with Crippen LogP contribution in [0.4, 0.5) is 18.9 Å². The smallest absolute Gasteiger partial charge is 0.416 e. The van der Waals surface area contributed by atoms with Crippen LogP contribution in [0.3, 0.4) is 0 Å². The van der Waals surface area contributed by atoms with Crippen molar-refractivity contribution in [1.29, 1.82) is 0 Å². The highest BCUT2D eigenvalue weighted by atomic mass is 35.5. The van der Waals surface area contributed by atoms with Gasteiger partial charge in [0, 0.05) is 10.6 Å². The van der Waals surface area contributed by atoms with Gasteiger partial charge in [0.1, 0.15) is 11.5 Å². The summed E-state index contributed by atoms with van der Waals surface area (Å²) >= 11 is 11.8. The Morgan fingerprint density at radius 1 is 0.920 bits per heavy atom. The second-order valence-corrected chi connectivity index (χ2v) is 5.97. The topological polar surface area (TPSA) is 25.5 Å². The number of benzene rings is 2. The van der Waals surface area contributed by atoms with Crippen molar-refractivity contribution in [2.75, 3.05) is 0 Å². The molecule has 2 nitrogen and oxygen atoms in total. The van der Waals surface area contributed by atoms with E-state index in [2.05, 4.69) is 4.99 Å². The van der Waals surface area contributed by atoms with Gasteiger partial charge in [0.15, 0.2) is 0 Å². The zero-order chi connectivity index (χ0) is 18.0. The molecule has 0 atom stereocenters. The van der Waals surface area contributed by atoms with E-state index in [1.807, 2.05) is 0 Å². The molecule has 128 valence electrons. The molecule has 1 heterocycles. The average molecular weight is 384 g/mol. The molecule has 0 bridgehead atoms. The lowest BCUT2D eigenvalue weighted by atomic mass is 10.1. The molecule has 0 saturated heterocycles. The fourth-order valence-corrected chi connectivity index (χ4v) is 2.46. The maximum absolute atomic E-state index is 12.9. The normalized spacial score (nSPS) is 12.0. The highest BCUT2D eigenvalue weighted by molar-refractivity contribution is 6.33. The van der Waals surface area contributed by atoms with E-state index in [-0.39, 0.29) is 16.3 Å². The predicted octanol–water partition coefficient (Wildman–Crippen LogP) is 7.02. The first-order valence-corrected chi connectivity index (χ1v) is 7.85. The van der Waals surface area contributed by atoms with Crippen LogP contribution in [0, 0.1) is 0 Å². The van der Waals surface area contributed by atoms with E-state index in [0.29, 0.717) is 16.5 Å². The quantitative estimate of drug-likeness (QED) is 0.446. The van der Waals surface area contributed by atoms with E-state index in [0.717, 1.165) is 12.1 Å². The van der Waals surface area contributed by atoms with Crippen LogP contribution >= 0.6 is 23.2 Å². The third kappa shape index (κ3) is 4.24. The first-order chi connectivity index (χ1) is 11.8. The zero-order valence-electron chi connectivity index (χ0n) is 12.5. The number of nitrogens with zero attached hydrogens (tertiary/aromatic N) is 1. The van der Waals surface area contributed by atoms with Crippen LogP contribution in [0.25, 0.3) is 11.3 Å². The van der Waals surface area contributed by atoms with E-state index < -0.39 is 11.7 Å². The SMILES string of the molecule is FC(F)(F)c1ccc(Cl)c(-c2ccc(C=Nc3ccc(Cl)cc3)o2)c1. The van der Waals surface area contributed by atoms with Gasteiger partial charge in [0.2, 0.25) is 0 Å². The summed E-state index contributed by atoms with van der Waals surface area (Å²) in [5.41, 5.74) is 0.0433. The summed E-state index contributed by atoms with van der Waals surface area (Å²) in [7, 11) is 0. The highest BCUT2D eigenvalue weighted by Crippen LogP contribution is 2.36. The molecule has 1 aromatic heterocycles. The molecule has 7 heteroatoms. The van der Waals surface area contributed by atoms with Gasteiger partial charge in [-0.2, -0.15) is 13.2 Å². The Balaban J connectivity index is 1.87. The van der Waals surface area contributed by atoms with Crippen molar-refractivity contribution >= 4 is 35.1 Å². The molecular formula is C18H10Cl2F3NO. The molecule has 25 heavy (non-hydrogen) atoms. The molecule has 0 unspecified atom stereocenters. The molecule has 0 fully saturated rings. The lowest BCUT2D eigenvalue weighted by Crippen LogP contribution is -2.04. The van der Waals surface area contributed by atoms with E-state index in [1.54, 1.807) is 36.4 Å². The van der Waals surface area contributed by atoms with Crippen molar-refractivity contribution in [2.24, 2.45) is 4.99 Å². The predicted molar refractivity (Wildman–Crippen MR) is 92.9 cm³/mol. The van der Waals surface area contributed by atoms with Crippen LogP contribution in [0.15, 0.2) is 64.0 Å². The van der Waals surface area contributed by atoms with Crippen molar-refractivity contribution < 1.29 is 17.6 Å². The fraction of sp³-hybridized carbons (Fsp3) is 0.0556. The first-order valence-electron chi connectivity index (χ1n) is 7.09. The summed E-state index contributed by atoms with van der Waals surface area (Å²) in [5.74, 6) is 0.618. The Morgan fingerprint density at radius 3 is 2.32 bits per heavy atom. The summed E-state index contributed by atoms with van der Waals surface area (Å²) in [6.07, 6.45) is -2.99. The Labute approximate surface area is 151 Å². The summed E-state index contributed by atoms with van der Waals surface area (Å²) in [5, 5.41) is 0.766. The standard InChI is InChI=1S/C18H10Cl2F3NO/c19-12-2-4-13(5-3-12)24-10-14-6-8-17(25-14)15-9-11(18(21,22)23)1-7-16(15)20/h1-10H. The number of rotatable bonds is 3. The van der Waals surface area contributed by atoms with Crippen molar-refractivity contribution in [3.8, 4) is 11.3 Å². The second kappa shape index (κ2) is 6.94. The van der Waals surface area contributed by atoms with Gasteiger partial charge < -0.3 is 4.42 Å². The molecule has 2 aromatic carbocycles. The van der Waals surface area contributed by atoms with Crippen LogP contribution in [-0.4, -0.2) is 6.21 Å². The summed E-state index contributed by atoms with van der Waals surface area (Å²) in [6, 6.07) is 13.1. The van der Waals surface area contributed by atoms with Gasteiger partial charge in [0.25, 0.3) is 0 Å². The Hall–Kier alpha value is -2.24. The van der Waals surface area contributed by atoms with Crippen molar-refractivity contribution in [1.82, 2.24) is 0 Å². The van der Waals surface area contributed by atoms with Gasteiger partial charge in [-0.25, -0.2) is 0 Å².